The molecule has 0 radical (unpaired) electrons. The van der Waals surface area contributed by atoms with Crippen LogP contribution in [0.25, 0.3) is 0 Å². The standard InChI is InChI=1S/C14H22N2O2/c1-3-13(17)8-9-15-10-14(18)16-12-6-4-11(2)5-7-12/h4-7,13,15,17H,3,8-10H2,1-2H3,(H,16,18). The summed E-state index contributed by atoms with van der Waals surface area (Å²) in [5.41, 5.74) is 1.97. The highest BCUT2D eigenvalue weighted by Gasteiger charge is 2.03. The highest BCUT2D eigenvalue weighted by Crippen LogP contribution is 2.07. The van der Waals surface area contributed by atoms with Crippen molar-refractivity contribution in [3.8, 4) is 0 Å². The molecule has 0 aromatic heterocycles. The van der Waals surface area contributed by atoms with Gasteiger partial charge in [0.15, 0.2) is 0 Å². The first-order valence-electron chi connectivity index (χ1n) is 6.37. The third kappa shape index (κ3) is 5.80. The second-order valence-corrected chi connectivity index (χ2v) is 4.44. The second-order valence-electron chi connectivity index (χ2n) is 4.44. The SMILES string of the molecule is CCC(O)CCNCC(=O)Nc1ccc(C)cc1. The number of rotatable bonds is 7. The van der Waals surface area contributed by atoms with E-state index in [0.29, 0.717) is 13.0 Å². The predicted molar refractivity (Wildman–Crippen MR) is 73.6 cm³/mol. The molecule has 0 fully saturated rings. The van der Waals surface area contributed by atoms with E-state index in [2.05, 4.69) is 10.6 Å². The van der Waals surface area contributed by atoms with Gasteiger partial charge in [0.1, 0.15) is 0 Å². The maximum atomic E-state index is 11.6. The van der Waals surface area contributed by atoms with Crippen molar-refractivity contribution in [1.82, 2.24) is 5.32 Å². The van der Waals surface area contributed by atoms with Crippen molar-refractivity contribution in [3.63, 3.8) is 0 Å². The largest absolute Gasteiger partial charge is 0.393 e. The van der Waals surface area contributed by atoms with Crippen molar-refractivity contribution < 1.29 is 9.90 Å². The Hall–Kier alpha value is -1.39. The first kappa shape index (κ1) is 14.7. The molecule has 0 saturated heterocycles. The number of nitrogens with one attached hydrogen (secondary N) is 2. The van der Waals surface area contributed by atoms with Gasteiger partial charge in [-0.05, 0) is 38.4 Å². The number of carbonyl (C=O) groups excluding carboxylic acids is 1. The average Bonchev–Trinajstić information content (AvgIpc) is 2.37. The lowest BCUT2D eigenvalue weighted by Gasteiger charge is -2.09. The van der Waals surface area contributed by atoms with Gasteiger partial charge in [0.25, 0.3) is 0 Å². The Kier molecular flexibility index (Phi) is 6.39. The van der Waals surface area contributed by atoms with Crippen molar-refractivity contribution in [2.75, 3.05) is 18.4 Å². The highest BCUT2D eigenvalue weighted by atomic mass is 16.3. The summed E-state index contributed by atoms with van der Waals surface area (Å²) in [6.45, 7) is 4.86. The van der Waals surface area contributed by atoms with E-state index < -0.39 is 0 Å². The molecule has 1 unspecified atom stereocenters. The first-order chi connectivity index (χ1) is 8.61. The fourth-order valence-electron chi connectivity index (χ4n) is 1.52. The Balaban J connectivity index is 2.19. The van der Waals surface area contributed by atoms with E-state index >= 15 is 0 Å². The molecule has 1 aromatic carbocycles. The molecule has 4 nitrogen and oxygen atoms in total. The maximum absolute atomic E-state index is 11.6. The van der Waals surface area contributed by atoms with Crippen LogP contribution < -0.4 is 10.6 Å². The number of aliphatic hydroxyl groups excluding tert-OH is 1. The van der Waals surface area contributed by atoms with Crippen LogP contribution in [0.1, 0.15) is 25.3 Å². The molecule has 1 rings (SSSR count). The number of aliphatic hydroxyl groups is 1. The van der Waals surface area contributed by atoms with E-state index in [9.17, 15) is 9.90 Å². The summed E-state index contributed by atoms with van der Waals surface area (Å²) in [7, 11) is 0. The van der Waals surface area contributed by atoms with Crippen LogP contribution in [0.15, 0.2) is 24.3 Å². The van der Waals surface area contributed by atoms with Gasteiger partial charge in [-0.3, -0.25) is 4.79 Å². The summed E-state index contributed by atoms with van der Waals surface area (Å²) in [4.78, 5) is 11.6. The van der Waals surface area contributed by atoms with Crippen molar-refractivity contribution >= 4 is 11.6 Å². The van der Waals surface area contributed by atoms with E-state index in [-0.39, 0.29) is 18.6 Å². The third-order valence-electron chi connectivity index (χ3n) is 2.75. The van der Waals surface area contributed by atoms with Gasteiger partial charge >= 0.3 is 0 Å². The van der Waals surface area contributed by atoms with E-state index in [1.807, 2.05) is 38.1 Å². The number of hydrogen-bond donors (Lipinski definition) is 3. The molecule has 0 aliphatic carbocycles. The maximum Gasteiger partial charge on any atom is 0.238 e. The molecule has 1 atom stereocenters. The Morgan fingerprint density at radius 1 is 1.33 bits per heavy atom. The van der Waals surface area contributed by atoms with Gasteiger partial charge in [0.05, 0.1) is 12.6 Å². The minimum Gasteiger partial charge on any atom is -0.393 e. The molecule has 4 heteroatoms. The lowest BCUT2D eigenvalue weighted by molar-refractivity contribution is -0.115. The van der Waals surface area contributed by atoms with Crippen molar-refractivity contribution in [2.24, 2.45) is 0 Å². The van der Waals surface area contributed by atoms with Crippen molar-refractivity contribution in [1.29, 1.82) is 0 Å². The van der Waals surface area contributed by atoms with Crippen LogP contribution in [0.4, 0.5) is 5.69 Å². The number of carbonyl (C=O) groups is 1. The van der Waals surface area contributed by atoms with Crippen LogP contribution in [-0.2, 0) is 4.79 Å². The van der Waals surface area contributed by atoms with Crippen LogP contribution in [0.3, 0.4) is 0 Å². The third-order valence-corrected chi connectivity index (χ3v) is 2.75. The topological polar surface area (TPSA) is 61.4 Å². The van der Waals surface area contributed by atoms with Gasteiger partial charge in [-0.15, -0.1) is 0 Å². The van der Waals surface area contributed by atoms with Crippen LogP contribution >= 0.6 is 0 Å². The minimum absolute atomic E-state index is 0.0650. The van der Waals surface area contributed by atoms with Gasteiger partial charge < -0.3 is 15.7 Å². The Bertz CT molecular complexity index is 363. The zero-order valence-corrected chi connectivity index (χ0v) is 11.1. The summed E-state index contributed by atoms with van der Waals surface area (Å²) >= 11 is 0. The van der Waals surface area contributed by atoms with Crippen molar-refractivity contribution in [3.05, 3.63) is 29.8 Å². The zero-order valence-electron chi connectivity index (χ0n) is 11.1. The number of benzene rings is 1. The van der Waals surface area contributed by atoms with E-state index in [4.69, 9.17) is 0 Å². The molecule has 0 saturated carbocycles. The predicted octanol–water partition coefficient (Wildman–Crippen LogP) is 1.68. The van der Waals surface area contributed by atoms with Crippen LogP contribution in [0.2, 0.25) is 0 Å². The summed E-state index contributed by atoms with van der Waals surface area (Å²) < 4.78 is 0. The van der Waals surface area contributed by atoms with Gasteiger partial charge in [-0.1, -0.05) is 24.6 Å². The molecular formula is C14H22N2O2. The van der Waals surface area contributed by atoms with E-state index in [1.54, 1.807) is 0 Å². The average molecular weight is 250 g/mol. The summed E-state index contributed by atoms with van der Waals surface area (Å²) in [6, 6.07) is 7.68. The van der Waals surface area contributed by atoms with Gasteiger partial charge in [0.2, 0.25) is 5.91 Å². The molecule has 0 aliphatic rings. The molecule has 0 bridgehead atoms. The zero-order chi connectivity index (χ0) is 13.4. The van der Waals surface area contributed by atoms with Crippen molar-refractivity contribution in [2.45, 2.75) is 32.8 Å². The van der Waals surface area contributed by atoms with Gasteiger partial charge in [-0.2, -0.15) is 0 Å². The molecule has 100 valence electrons. The molecule has 0 spiro atoms. The Morgan fingerprint density at radius 2 is 2.00 bits per heavy atom. The Labute approximate surface area is 108 Å². The second kappa shape index (κ2) is 7.84. The van der Waals surface area contributed by atoms with Gasteiger partial charge in [-0.25, -0.2) is 0 Å². The molecule has 0 heterocycles. The first-order valence-corrected chi connectivity index (χ1v) is 6.37. The molecule has 1 amide bonds. The number of hydrogen-bond acceptors (Lipinski definition) is 3. The fraction of sp³-hybridized carbons (Fsp3) is 0.500. The molecule has 3 N–H and O–H groups in total. The van der Waals surface area contributed by atoms with Crippen LogP contribution in [0, 0.1) is 6.92 Å². The lowest BCUT2D eigenvalue weighted by Crippen LogP contribution is -2.30. The van der Waals surface area contributed by atoms with Crippen LogP contribution in [-0.4, -0.2) is 30.2 Å². The quantitative estimate of drug-likeness (QED) is 0.645. The number of aryl methyl sites for hydroxylation is 1. The summed E-state index contributed by atoms with van der Waals surface area (Å²) in [5.74, 6) is -0.0650. The number of anilines is 1. The fourth-order valence-corrected chi connectivity index (χ4v) is 1.52. The molecular weight excluding hydrogens is 228 g/mol. The normalized spacial score (nSPS) is 12.2. The Morgan fingerprint density at radius 3 is 2.61 bits per heavy atom. The smallest absolute Gasteiger partial charge is 0.238 e. The lowest BCUT2D eigenvalue weighted by atomic mass is 10.2. The highest BCUT2D eigenvalue weighted by molar-refractivity contribution is 5.92. The van der Waals surface area contributed by atoms with E-state index in [1.165, 1.54) is 5.56 Å². The molecule has 18 heavy (non-hydrogen) atoms. The van der Waals surface area contributed by atoms with Gasteiger partial charge in [0, 0.05) is 5.69 Å². The molecule has 0 aliphatic heterocycles. The number of amides is 1. The summed E-state index contributed by atoms with van der Waals surface area (Å²) in [5, 5.41) is 15.2. The monoisotopic (exact) mass is 250 g/mol. The molecule has 1 aromatic rings. The minimum atomic E-state index is -0.280. The van der Waals surface area contributed by atoms with Crippen LogP contribution in [0.5, 0.6) is 0 Å². The summed E-state index contributed by atoms with van der Waals surface area (Å²) in [6.07, 6.45) is 1.14. The van der Waals surface area contributed by atoms with E-state index in [0.717, 1.165) is 12.1 Å².